The Kier molecular flexibility index (Phi) is 3.99. The van der Waals surface area contributed by atoms with E-state index in [4.69, 9.17) is 11.0 Å². The maximum absolute atomic E-state index is 11.2. The van der Waals surface area contributed by atoms with Crippen LogP contribution in [0.25, 0.3) is 5.70 Å². The Balaban J connectivity index is 3.21. The van der Waals surface area contributed by atoms with Crippen molar-refractivity contribution < 1.29 is 14.5 Å². The van der Waals surface area contributed by atoms with Gasteiger partial charge in [0.2, 0.25) is 0 Å². The van der Waals surface area contributed by atoms with Gasteiger partial charge in [-0.3, -0.25) is 10.1 Å². The fourth-order valence-corrected chi connectivity index (χ4v) is 1.22. The van der Waals surface area contributed by atoms with Gasteiger partial charge < -0.3 is 10.5 Å². The molecule has 2 N–H and O–H groups in total. The van der Waals surface area contributed by atoms with Crippen LogP contribution in [0.5, 0.6) is 0 Å². The van der Waals surface area contributed by atoms with E-state index in [1.54, 1.807) is 6.07 Å². The van der Waals surface area contributed by atoms with E-state index in [-0.39, 0.29) is 17.0 Å². The number of carbonyl (C=O) groups is 1. The van der Waals surface area contributed by atoms with Gasteiger partial charge in [-0.05, 0) is 17.7 Å². The number of carbonyl (C=O) groups excluding carboxylic acids is 1. The second-order valence-electron chi connectivity index (χ2n) is 3.20. The van der Waals surface area contributed by atoms with Crippen LogP contribution >= 0.6 is 0 Å². The first-order valence-electron chi connectivity index (χ1n) is 4.74. The molecule has 0 heterocycles. The molecule has 1 aromatic rings. The lowest BCUT2D eigenvalue weighted by molar-refractivity contribution is -0.384. The van der Waals surface area contributed by atoms with Crippen LogP contribution in [0.15, 0.2) is 29.8 Å². The highest BCUT2D eigenvalue weighted by Gasteiger charge is 2.15. The molecule has 0 saturated carbocycles. The highest BCUT2D eigenvalue weighted by Crippen LogP contribution is 2.18. The summed E-state index contributed by atoms with van der Waals surface area (Å²) in [5.41, 5.74) is 5.44. The summed E-state index contributed by atoms with van der Waals surface area (Å²) in [4.78, 5) is 21.1. The van der Waals surface area contributed by atoms with Crippen molar-refractivity contribution in [1.82, 2.24) is 0 Å². The van der Waals surface area contributed by atoms with E-state index < -0.39 is 10.9 Å². The Labute approximate surface area is 102 Å². The van der Waals surface area contributed by atoms with Crippen molar-refractivity contribution in [3.05, 3.63) is 45.5 Å². The van der Waals surface area contributed by atoms with Crippen molar-refractivity contribution in [1.29, 1.82) is 5.26 Å². The molecular formula is C11H9N3O4. The molecule has 18 heavy (non-hydrogen) atoms. The van der Waals surface area contributed by atoms with Crippen molar-refractivity contribution in [3.63, 3.8) is 0 Å². The number of hydrogen-bond acceptors (Lipinski definition) is 6. The lowest BCUT2D eigenvalue weighted by Gasteiger charge is -2.04. The van der Waals surface area contributed by atoms with E-state index in [9.17, 15) is 14.9 Å². The molecule has 0 spiro atoms. The Morgan fingerprint density at radius 3 is 2.39 bits per heavy atom. The second kappa shape index (κ2) is 5.45. The van der Waals surface area contributed by atoms with Gasteiger partial charge in [0.05, 0.1) is 17.7 Å². The first-order chi connectivity index (χ1) is 8.51. The van der Waals surface area contributed by atoms with Gasteiger partial charge in [0.15, 0.2) is 5.57 Å². The normalized spacial score (nSPS) is 11.1. The number of methoxy groups -OCH3 is 1. The van der Waals surface area contributed by atoms with Crippen LogP contribution in [-0.2, 0) is 9.53 Å². The minimum atomic E-state index is -0.853. The highest BCUT2D eigenvalue weighted by molar-refractivity contribution is 6.00. The average Bonchev–Trinajstić information content (AvgIpc) is 2.39. The van der Waals surface area contributed by atoms with Crippen molar-refractivity contribution in [2.45, 2.75) is 0 Å². The number of hydrogen-bond donors (Lipinski definition) is 1. The maximum atomic E-state index is 11.2. The molecule has 0 fully saturated rings. The topological polar surface area (TPSA) is 119 Å². The third-order valence-electron chi connectivity index (χ3n) is 2.16. The summed E-state index contributed by atoms with van der Waals surface area (Å²) in [5.74, 6) is -0.853. The van der Waals surface area contributed by atoms with Crippen molar-refractivity contribution in [2.24, 2.45) is 5.73 Å². The van der Waals surface area contributed by atoms with Gasteiger partial charge in [-0.2, -0.15) is 5.26 Å². The first-order valence-corrected chi connectivity index (χ1v) is 4.74. The number of rotatable bonds is 3. The summed E-state index contributed by atoms with van der Waals surface area (Å²) in [5, 5.41) is 19.3. The largest absolute Gasteiger partial charge is 0.465 e. The zero-order valence-corrected chi connectivity index (χ0v) is 9.41. The Morgan fingerprint density at radius 1 is 1.44 bits per heavy atom. The standard InChI is InChI=1S/C11H9N3O4/c1-18-11(15)9(6-12)10(13)7-2-4-8(5-3-7)14(16)17/h2-5H,13H2,1H3/b10-9-. The first kappa shape index (κ1) is 13.2. The third-order valence-corrected chi connectivity index (χ3v) is 2.16. The molecule has 0 unspecified atom stereocenters. The number of nitro benzene ring substituents is 1. The molecule has 0 radical (unpaired) electrons. The van der Waals surface area contributed by atoms with Crippen LogP contribution in [-0.4, -0.2) is 18.0 Å². The Morgan fingerprint density at radius 2 is 2.00 bits per heavy atom. The molecule has 92 valence electrons. The van der Waals surface area contributed by atoms with Crippen LogP contribution in [0, 0.1) is 21.4 Å². The number of nitrogens with zero attached hydrogens (tertiary/aromatic N) is 2. The molecule has 7 nitrogen and oxygen atoms in total. The van der Waals surface area contributed by atoms with Crippen LogP contribution in [0.3, 0.4) is 0 Å². The molecule has 0 aliphatic rings. The van der Waals surface area contributed by atoms with Crippen LogP contribution in [0.2, 0.25) is 0 Å². The smallest absolute Gasteiger partial charge is 0.350 e. The van der Waals surface area contributed by atoms with Gasteiger partial charge in [0, 0.05) is 12.1 Å². The molecule has 1 aromatic carbocycles. The van der Waals surface area contributed by atoms with Gasteiger partial charge in [-0.15, -0.1) is 0 Å². The minimum absolute atomic E-state index is 0.0840. The molecule has 0 atom stereocenters. The molecule has 0 amide bonds. The number of esters is 1. The molecular weight excluding hydrogens is 238 g/mol. The predicted molar refractivity (Wildman–Crippen MR) is 61.8 cm³/mol. The van der Waals surface area contributed by atoms with Gasteiger partial charge in [-0.25, -0.2) is 4.79 Å². The van der Waals surface area contributed by atoms with Crippen molar-refractivity contribution >= 4 is 17.4 Å². The monoisotopic (exact) mass is 247 g/mol. The molecule has 0 saturated heterocycles. The van der Waals surface area contributed by atoms with E-state index >= 15 is 0 Å². The second-order valence-corrected chi connectivity index (χ2v) is 3.20. The fourth-order valence-electron chi connectivity index (χ4n) is 1.22. The summed E-state index contributed by atoms with van der Waals surface area (Å²) in [6.07, 6.45) is 0. The summed E-state index contributed by atoms with van der Waals surface area (Å²) in [6.45, 7) is 0. The molecule has 0 aliphatic heterocycles. The molecule has 0 aliphatic carbocycles. The maximum Gasteiger partial charge on any atom is 0.350 e. The molecule has 1 rings (SSSR count). The quantitative estimate of drug-likeness (QED) is 0.279. The summed E-state index contributed by atoms with van der Waals surface area (Å²) in [6, 6.07) is 6.81. The van der Waals surface area contributed by atoms with Crippen LogP contribution in [0.4, 0.5) is 5.69 Å². The summed E-state index contributed by atoms with van der Waals surface area (Å²) < 4.78 is 4.40. The Bertz CT molecular complexity index is 555. The lowest BCUT2D eigenvalue weighted by Crippen LogP contribution is -2.10. The number of nitro groups is 1. The predicted octanol–water partition coefficient (Wildman–Crippen LogP) is 0.961. The van der Waals surface area contributed by atoms with Crippen LogP contribution < -0.4 is 5.73 Å². The molecule has 7 heteroatoms. The van der Waals surface area contributed by atoms with Gasteiger partial charge in [-0.1, -0.05) is 0 Å². The van der Waals surface area contributed by atoms with Gasteiger partial charge in [0.1, 0.15) is 6.07 Å². The van der Waals surface area contributed by atoms with Gasteiger partial charge >= 0.3 is 5.97 Å². The van der Waals surface area contributed by atoms with Gasteiger partial charge in [0.25, 0.3) is 5.69 Å². The molecule has 0 aromatic heterocycles. The number of ether oxygens (including phenoxy) is 1. The summed E-state index contributed by atoms with van der Waals surface area (Å²) in [7, 11) is 1.13. The minimum Gasteiger partial charge on any atom is -0.465 e. The van der Waals surface area contributed by atoms with Crippen LogP contribution in [0.1, 0.15) is 5.56 Å². The fraction of sp³-hybridized carbons (Fsp3) is 0.0909. The lowest BCUT2D eigenvalue weighted by atomic mass is 10.1. The highest BCUT2D eigenvalue weighted by atomic mass is 16.6. The number of nitriles is 1. The van der Waals surface area contributed by atoms with E-state index in [2.05, 4.69) is 4.74 Å². The van der Waals surface area contributed by atoms with E-state index in [0.29, 0.717) is 5.56 Å². The number of benzene rings is 1. The third kappa shape index (κ3) is 2.62. The van der Waals surface area contributed by atoms with E-state index in [1.807, 2.05) is 0 Å². The number of nitrogens with two attached hydrogens (primary N) is 1. The SMILES string of the molecule is COC(=O)/C(C#N)=C(\N)c1ccc([N+](=O)[O-])cc1. The van der Waals surface area contributed by atoms with E-state index in [1.165, 1.54) is 24.3 Å². The van der Waals surface area contributed by atoms with E-state index in [0.717, 1.165) is 7.11 Å². The van der Waals surface area contributed by atoms with Crippen molar-refractivity contribution in [3.8, 4) is 6.07 Å². The number of non-ortho nitro benzene ring substituents is 1. The Hall–Kier alpha value is -2.88. The average molecular weight is 247 g/mol. The zero-order chi connectivity index (χ0) is 13.7. The molecule has 0 bridgehead atoms. The zero-order valence-electron chi connectivity index (χ0n) is 9.41. The summed E-state index contributed by atoms with van der Waals surface area (Å²) >= 11 is 0. The van der Waals surface area contributed by atoms with Crippen molar-refractivity contribution in [2.75, 3.05) is 7.11 Å².